The molecule has 0 saturated carbocycles. The Bertz CT molecular complexity index is 560. The van der Waals surface area contributed by atoms with Crippen LogP contribution in [-0.2, 0) is 4.79 Å². The third-order valence-corrected chi connectivity index (χ3v) is 4.46. The molecule has 0 spiro atoms. The van der Waals surface area contributed by atoms with E-state index in [9.17, 15) is 9.90 Å². The molecule has 0 aliphatic carbocycles. The van der Waals surface area contributed by atoms with Gasteiger partial charge < -0.3 is 19.3 Å². The van der Waals surface area contributed by atoms with Gasteiger partial charge in [-0.05, 0) is 31.9 Å². The van der Waals surface area contributed by atoms with Crippen LogP contribution in [0.15, 0.2) is 12.1 Å². The molecule has 2 unspecified atom stereocenters. The van der Waals surface area contributed by atoms with Gasteiger partial charge in [0.25, 0.3) is 0 Å². The van der Waals surface area contributed by atoms with E-state index >= 15 is 0 Å². The van der Waals surface area contributed by atoms with Gasteiger partial charge in [0.05, 0.1) is 21.3 Å². The summed E-state index contributed by atoms with van der Waals surface area (Å²) in [5, 5.41) is 9.47. The van der Waals surface area contributed by atoms with Gasteiger partial charge in [-0.2, -0.15) is 0 Å². The second-order valence-electron chi connectivity index (χ2n) is 5.61. The van der Waals surface area contributed by atoms with Gasteiger partial charge in [0.15, 0.2) is 11.5 Å². The third-order valence-electron chi connectivity index (χ3n) is 4.46. The van der Waals surface area contributed by atoms with E-state index in [1.807, 2.05) is 11.0 Å². The van der Waals surface area contributed by atoms with Crippen molar-refractivity contribution in [2.24, 2.45) is 0 Å². The second-order valence-corrected chi connectivity index (χ2v) is 5.61. The van der Waals surface area contributed by atoms with Gasteiger partial charge in [0, 0.05) is 17.7 Å². The van der Waals surface area contributed by atoms with Crippen molar-refractivity contribution in [1.82, 2.24) is 4.90 Å². The SMILES string of the molecule is CCC(c1cc(OC)c(OC)cc1OC)N1CCCC1C(=O)O. The molecule has 0 bridgehead atoms. The van der Waals surface area contributed by atoms with Crippen molar-refractivity contribution in [2.75, 3.05) is 27.9 Å². The minimum absolute atomic E-state index is 0.0339. The normalized spacial score (nSPS) is 19.4. The lowest BCUT2D eigenvalue weighted by Crippen LogP contribution is -2.38. The van der Waals surface area contributed by atoms with Crippen molar-refractivity contribution in [3.05, 3.63) is 17.7 Å². The number of benzene rings is 1. The van der Waals surface area contributed by atoms with E-state index in [4.69, 9.17) is 14.2 Å². The Morgan fingerprint density at radius 2 is 1.83 bits per heavy atom. The van der Waals surface area contributed by atoms with Crippen LogP contribution < -0.4 is 14.2 Å². The van der Waals surface area contributed by atoms with Crippen molar-refractivity contribution in [2.45, 2.75) is 38.3 Å². The maximum absolute atomic E-state index is 11.5. The van der Waals surface area contributed by atoms with Gasteiger partial charge in [-0.1, -0.05) is 6.92 Å². The van der Waals surface area contributed by atoms with Crippen molar-refractivity contribution >= 4 is 5.97 Å². The van der Waals surface area contributed by atoms with Crippen LogP contribution in [-0.4, -0.2) is 49.9 Å². The zero-order valence-electron chi connectivity index (χ0n) is 14.2. The highest BCUT2D eigenvalue weighted by Crippen LogP contribution is 2.42. The van der Waals surface area contributed by atoms with Gasteiger partial charge >= 0.3 is 5.97 Å². The molecule has 1 aromatic rings. The van der Waals surface area contributed by atoms with Crippen LogP contribution in [0.25, 0.3) is 0 Å². The maximum Gasteiger partial charge on any atom is 0.320 e. The first-order chi connectivity index (χ1) is 11.1. The summed E-state index contributed by atoms with van der Waals surface area (Å²) in [6.45, 7) is 2.82. The number of likely N-dealkylation sites (tertiary alicyclic amines) is 1. The van der Waals surface area contributed by atoms with Crippen LogP contribution in [0.4, 0.5) is 0 Å². The Balaban J connectivity index is 2.46. The molecule has 6 nitrogen and oxygen atoms in total. The molecule has 128 valence electrons. The average Bonchev–Trinajstić information content (AvgIpc) is 3.04. The molecule has 2 atom stereocenters. The zero-order chi connectivity index (χ0) is 17.0. The van der Waals surface area contributed by atoms with E-state index < -0.39 is 12.0 Å². The smallest absolute Gasteiger partial charge is 0.320 e. The van der Waals surface area contributed by atoms with E-state index in [-0.39, 0.29) is 6.04 Å². The number of carbonyl (C=O) groups is 1. The van der Waals surface area contributed by atoms with Crippen LogP contribution in [0, 0.1) is 0 Å². The maximum atomic E-state index is 11.5. The molecule has 0 aromatic heterocycles. The van der Waals surface area contributed by atoms with Crippen molar-refractivity contribution in [3.8, 4) is 17.2 Å². The van der Waals surface area contributed by atoms with Gasteiger partial charge in [0.1, 0.15) is 11.8 Å². The largest absolute Gasteiger partial charge is 0.496 e. The summed E-state index contributed by atoms with van der Waals surface area (Å²) in [6.07, 6.45) is 2.36. The van der Waals surface area contributed by atoms with Crippen LogP contribution in [0.5, 0.6) is 17.2 Å². The highest BCUT2D eigenvalue weighted by atomic mass is 16.5. The second kappa shape index (κ2) is 7.55. The first kappa shape index (κ1) is 17.4. The zero-order valence-corrected chi connectivity index (χ0v) is 14.2. The number of hydrogen-bond acceptors (Lipinski definition) is 5. The van der Waals surface area contributed by atoms with E-state index in [1.165, 1.54) is 0 Å². The number of hydrogen-bond donors (Lipinski definition) is 1. The highest BCUT2D eigenvalue weighted by Gasteiger charge is 2.36. The molecule has 1 fully saturated rings. The quantitative estimate of drug-likeness (QED) is 0.832. The molecule has 1 aromatic carbocycles. The van der Waals surface area contributed by atoms with Crippen LogP contribution in [0.2, 0.25) is 0 Å². The van der Waals surface area contributed by atoms with Crippen LogP contribution >= 0.6 is 0 Å². The third kappa shape index (κ3) is 3.37. The van der Waals surface area contributed by atoms with Crippen molar-refractivity contribution in [1.29, 1.82) is 0 Å². The Morgan fingerprint density at radius 3 is 2.35 bits per heavy atom. The minimum atomic E-state index is -0.764. The number of nitrogens with zero attached hydrogens (tertiary/aromatic N) is 1. The average molecular weight is 323 g/mol. The number of carboxylic acids is 1. The lowest BCUT2D eigenvalue weighted by molar-refractivity contribution is -0.143. The first-order valence-corrected chi connectivity index (χ1v) is 7.85. The molecule has 1 aliphatic rings. The molecule has 23 heavy (non-hydrogen) atoms. The summed E-state index contributed by atoms with van der Waals surface area (Å²) in [7, 11) is 4.77. The molecule has 1 aliphatic heterocycles. The number of aliphatic carboxylic acids is 1. The summed E-state index contributed by atoms with van der Waals surface area (Å²) in [5.74, 6) is 1.14. The fraction of sp³-hybridized carbons (Fsp3) is 0.588. The Kier molecular flexibility index (Phi) is 5.71. The van der Waals surface area contributed by atoms with E-state index in [2.05, 4.69) is 6.92 Å². The summed E-state index contributed by atoms with van der Waals surface area (Å²) in [5.41, 5.74) is 0.931. The Labute approximate surface area is 136 Å². The summed E-state index contributed by atoms with van der Waals surface area (Å²) in [6, 6.07) is 3.21. The van der Waals surface area contributed by atoms with Crippen LogP contribution in [0.3, 0.4) is 0 Å². The number of rotatable bonds is 7. The van der Waals surface area contributed by atoms with Gasteiger partial charge in [-0.3, -0.25) is 9.69 Å². The number of carboxylic acid groups (broad SMARTS) is 1. The monoisotopic (exact) mass is 323 g/mol. The van der Waals surface area contributed by atoms with Gasteiger partial charge in [0.2, 0.25) is 0 Å². The molecule has 1 saturated heterocycles. The summed E-state index contributed by atoms with van der Waals surface area (Å²) < 4.78 is 16.2. The lowest BCUT2D eigenvalue weighted by atomic mass is 9.99. The van der Waals surface area contributed by atoms with Gasteiger partial charge in [-0.15, -0.1) is 0 Å². The predicted molar refractivity (Wildman–Crippen MR) is 86.5 cm³/mol. The molecule has 1 N–H and O–H groups in total. The molecule has 0 amide bonds. The lowest BCUT2D eigenvalue weighted by Gasteiger charge is -2.32. The predicted octanol–water partition coefficient (Wildman–Crippen LogP) is 2.71. The Hall–Kier alpha value is -1.95. The number of ether oxygens (including phenoxy) is 3. The summed E-state index contributed by atoms with van der Waals surface area (Å²) >= 11 is 0. The van der Waals surface area contributed by atoms with E-state index in [1.54, 1.807) is 27.4 Å². The van der Waals surface area contributed by atoms with Crippen molar-refractivity contribution in [3.63, 3.8) is 0 Å². The molecule has 1 heterocycles. The topological polar surface area (TPSA) is 68.2 Å². The molecule has 2 rings (SSSR count). The summed E-state index contributed by atoms with van der Waals surface area (Å²) in [4.78, 5) is 13.6. The Morgan fingerprint density at radius 1 is 1.22 bits per heavy atom. The molecular weight excluding hydrogens is 298 g/mol. The fourth-order valence-corrected chi connectivity index (χ4v) is 3.37. The first-order valence-electron chi connectivity index (χ1n) is 7.85. The standard InChI is InChI=1S/C17H25NO5/c1-5-12(18-8-6-7-13(18)17(19)20)11-9-15(22-3)16(23-4)10-14(11)21-2/h9-10,12-13H,5-8H2,1-4H3,(H,19,20). The molecular formula is C17H25NO5. The van der Waals surface area contributed by atoms with E-state index in [0.717, 1.165) is 24.9 Å². The van der Waals surface area contributed by atoms with Crippen molar-refractivity contribution < 1.29 is 24.1 Å². The molecule has 0 radical (unpaired) electrons. The van der Waals surface area contributed by atoms with Gasteiger partial charge in [-0.25, -0.2) is 0 Å². The van der Waals surface area contributed by atoms with Crippen LogP contribution in [0.1, 0.15) is 37.8 Å². The highest BCUT2D eigenvalue weighted by molar-refractivity contribution is 5.74. The van der Waals surface area contributed by atoms with E-state index in [0.29, 0.717) is 23.7 Å². The fourth-order valence-electron chi connectivity index (χ4n) is 3.37. The minimum Gasteiger partial charge on any atom is -0.496 e. The molecule has 6 heteroatoms. The number of methoxy groups -OCH3 is 3.